The molecule has 0 aliphatic heterocycles. The maximum absolute atomic E-state index is 12.0. The third-order valence-electron chi connectivity index (χ3n) is 9.12. The second kappa shape index (κ2) is 7.74. The first-order chi connectivity index (χ1) is 13.8. The average Bonchev–Trinajstić information content (AvgIpc) is 3.04. The van der Waals surface area contributed by atoms with Gasteiger partial charge in [-0.3, -0.25) is 9.59 Å². The van der Waals surface area contributed by atoms with E-state index < -0.39 is 0 Å². The number of esters is 2. The van der Waals surface area contributed by atoms with Gasteiger partial charge < -0.3 is 9.47 Å². The first kappa shape index (κ1) is 20.9. The second-order valence-electron chi connectivity index (χ2n) is 10.4. The van der Waals surface area contributed by atoms with Gasteiger partial charge in [0.25, 0.3) is 0 Å². The molecule has 162 valence electrons. The van der Waals surface area contributed by atoms with Crippen molar-refractivity contribution in [2.45, 2.75) is 104 Å². The van der Waals surface area contributed by atoms with E-state index in [2.05, 4.69) is 19.9 Å². The summed E-state index contributed by atoms with van der Waals surface area (Å²) in [5, 5.41) is 0. The van der Waals surface area contributed by atoms with Crippen LogP contribution in [0.2, 0.25) is 0 Å². The molecule has 4 heteroatoms. The van der Waals surface area contributed by atoms with Crippen LogP contribution in [0, 0.1) is 28.6 Å². The minimum absolute atomic E-state index is 0.0275. The Morgan fingerprint density at radius 1 is 0.931 bits per heavy atom. The Hall–Kier alpha value is -1.32. The van der Waals surface area contributed by atoms with Gasteiger partial charge in [-0.15, -0.1) is 0 Å². The van der Waals surface area contributed by atoms with Gasteiger partial charge in [0, 0.05) is 18.3 Å². The maximum Gasteiger partial charge on any atom is 0.306 e. The molecule has 0 saturated heterocycles. The van der Waals surface area contributed by atoms with Crippen LogP contribution in [0.15, 0.2) is 11.6 Å². The summed E-state index contributed by atoms with van der Waals surface area (Å²) in [7, 11) is 0. The quantitative estimate of drug-likeness (QED) is 0.454. The van der Waals surface area contributed by atoms with Crippen LogP contribution in [0.25, 0.3) is 0 Å². The van der Waals surface area contributed by atoms with Crippen molar-refractivity contribution in [3.63, 3.8) is 0 Å². The fourth-order valence-electron chi connectivity index (χ4n) is 7.43. The smallest absolute Gasteiger partial charge is 0.306 e. The highest BCUT2D eigenvalue weighted by Gasteiger charge is 2.60. The standard InChI is InChI=1S/C25H38O4/c1-5-22(26)28-17-11-13-24(3)16(15-17)7-8-18-19-9-10-21(29-23(27)6-2)25(19,4)14-12-20(18)24/h15,17-21H,5-14H2,1-4H3. The second-order valence-corrected chi connectivity index (χ2v) is 10.4. The third kappa shape index (κ3) is 3.45. The molecular weight excluding hydrogens is 364 g/mol. The number of allylic oxidation sites excluding steroid dienone is 1. The van der Waals surface area contributed by atoms with Gasteiger partial charge in [-0.05, 0) is 80.6 Å². The SMILES string of the molecule is CCC(=O)OC1C=C2CCC3C(CCC4(C)C(OC(=O)CC)CCC34)C2(C)CC1. The Morgan fingerprint density at radius 3 is 2.38 bits per heavy atom. The van der Waals surface area contributed by atoms with Gasteiger partial charge in [-0.25, -0.2) is 0 Å². The van der Waals surface area contributed by atoms with Crippen molar-refractivity contribution in [3.05, 3.63) is 11.6 Å². The van der Waals surface area contributed by atoms with Crippen LogP contribution in [-0.4, -0.2) is 24.1 Å². The Balaban J connectivity index is 1.52. The van der Waals surface area contributed by atoms with E-state index in [-0.39, 0.29) is 35.0 Å². The molecule has 7 unspecified atom stereocenters. The Morgan fingerprint density at radius 2 is 1.66 bits per heavy atom. The largest absolute Gasteiger partial charge is 0.462 e. The molecule has 0 aromatic carbocycles. The number of ether oxygens (including phenoxy) is 2. The van der Waals surface area contributed by atoms with Crippen molar-refractivity contribution in [2.24, 2.45) is 28.6 Å². The van der Waals surface area contributed by atoms with E-state index in [0.717, 1.165) is 38.0 Å². The third-order valence-corrected chi connectivity index (χ3v) is 9.12. The molecule has 0 bridgehead atoms. The molecule has 0 aromatic heterocycles. The summed E-state index contributed by atoms with van der Waals surface area (Å²) in [5.74, 6) is 1.99. The van der Waals surface area contributed by atoms with E-state index in [1.54, 1.807) is 0 Å². The molecule has 0 N–H and O–H groups in total. The molecule has 4 rings (SSSR count). The van der Waals surface area contributed by atoms with Crippen LogP contribution in [0.3, 0.4) is 0 Å². The molecular formula is C25H38O4. The lowest BCUT2D eigenvalue weighted by atomic mass is 9.47. The van der Waals surface area contributed by atoms with E-state index in [4.69, 9.17) is 9.47 Å². The molecule has 29 heavy (non-hydrogen) atoms. The van der Waals surface area contributed by atoms with Crippen LogP contribution in [0.5, 0.6) is 0 Å². The predicted molar refractivity (Wildman–Crippen MR) is 112 cm³/mol. The highest BCUT2D eigenvalue weighted by atomic mass is 16.5. The van der Waals surface area contributed by atoms with Crippen molar-refractivity contribution >= 4 is 11.9 Å². The minimum atomic E-state index is -0.0869. The molecule has 0 amide bonds. The van der Waals surface area contributed by atoms with Gasteiger partial charge in [0.05, 0.1) is 0 Å². The first-order valence-electron chi connectivity index (χ1n) is 11.9. The molecule has 7 atom stereocenters. The summed E-state index contributed by atoms with van der Waals surface area (Å²) >= 11 is 0. The van der Waals surface area contributed by atoms with E-state index in [0.29, 0.717) is 24.7 Å². The molecule has 4 nitrogen and oxygen atoms in total. The summed E-state index contributed by atoms with van der Waals surface area (Å²) in [6, 6.07) is 0. The zero-order valence-electron chi connectivity index (χ0n) is 18.7. The summed E-state index contributed by atoms with van der Waals surface area (Å²) in [4.78, 5) is 23.7. The van der Waals surface area contributed by atoms with Crippen LogP contribution < -0.4 is 0 Å². The van der Waals surface area contributed by atoms with Gasteiger partial charge in [-0.1, -0.05) is 33.3 Å². The number of hydrogen-bond acceptors (Lipinski definition) is 4. The molecule has 3 saturated carbocycles. The van der Waals surface area contributed by atoms with Crippen molar-refractivity contribution in [1.82, 2.24) is 0 Å². The van der Waals surface area contributed by atoms with Gasteiger partial charge in [0.15, 0.2) is 0 Å². The zero-order valence-corrected chi connectivity index (χ0v) is 18.7. The van der Waals surface area contributed by atoms with E-state index in [1.165, 1.54) is 24.8 Å². The lowest BCUT2D eigenvalue weighted by molar-refractivity contribution is -0.159. The fourth-order valence-corrected chi connectivity index (χ4v) is 7.43. The van der Waals surface area contributed by atoms with E-state index in [1.807, 2.05) is 13.8 Å². The van der Waals surface area contributed by atoms with Crippen molar-refractivity contribution in [3.8, 4) is 0 Å². The number of carbonyl (C=O) groups excluding carboxylic acids is 2. The van der Waals surface area contributed by atoms with Gasteiger partial charge in [0.1, 0.15) is 12.2 Å². The summed E-state index contributed by atoms with van der Waals surface area (Å²) in [6.45, 7) is 8.61. The fraction of sp³-hybridized carbons (Fsp3) is 0.840. The van der Waals surface area contributed by atoms with Crippen LogP contribution >= 0.6 is 0 Å². The number of carbonyl (C=O) groups is 2. The summed E-state index contributed by atoms with van der Waals surface area (Å²) in [6.07, 6.45) is 12.4. The van der Waals surface area contributed by atoms with Crippen LogP contribution in [-0.2, 0) is 19.1 Å². The lowest BCUT2D eigenvalue weighted by Gasteiger charge is -2.58. The zero-order chi connectivity index (χ0) is 20.8. The number of fused-ring (bicyclic) bond motifs is 5. The van der Waals surface area contributed by atoms with Gasteiger partial charge >= 0.3 is 11.9 Å². The first-order valence-corrected chi connectivity index (χ1v) is 11.9. The summed E-state index contributed by atoms with van der Waals surface area (Å²) in [5.41, 5.74) is 1.93. The number of rotatable bonds is 4. The van der Waals surface area contributed by atoms with E-state index in [9.17, 15) is 9.59 Å². The Bertz CT molecular complexity index is 697. The van der Waals surface area contributed by atoms with Gasteiger partial charge in [-0.2, -0.15) is 0 Å². The number of hydrogen-bond donors (Lipinski definition) is 0. The molecule has 0 spiro atoms. The molecule has 0 aromatic rings. The highest BCUT2D eigenvalue weighted by Crippen LogP contribution is 2.65. The molecule has 4 aliphatic carbocycles. The molecule has 0 heterocycles. The minimum Gasteiger partial charge on any atom is -0.462 e. The predicted octanol–water partition coefficient (Wildman–Crippen LogP) is 5.59. The maximum atomic E-state index is 12.0. The highest BCUT2D eigenvalue weighted by molar-refractivity contribution is 5.69. The topological polar surface area (TPSA) is 52.6 Å². The van der Waals surface area contributed by atoms with Crippen molar-refractivity contribution in [2.75, 3.05) is 0 Å². The normalized spacial score (nSPS) is 43.4. The Labute approximate surface area is 175 Å². The van der Waals surface area contributed by atoms with Crippen LogP contribution in [0.4, 0.5) is 0 Å². The molecule has 0 radical (unpaired) electrons. The van der Waals surface area contributed by atoms with Crippen LogP contribution in [0.1, 0.15) is 91.9 Å². The molecule has 3 fully saturated rings. The summed E-state index contributed by atoms with van der Waals surface area (Å²) < 4.78 is 11.6. The van der Waals surface area contributed by atoms with Crippen molar-refractivity contribution < 1.29 is 19.1 Å². The lowest BCUT2D eigenvalue weighted by Crippen LogP contribution is -2.52. The Kier molecular flexibility index (Phi) is 5.59. The monoisotopic (exact) mass is 402 g/mol. The van der Waals surface area contributed by atoms with Gasteiger partial charge in [0.2, 0.25) is 0 Å². The average molecular weight is 403 g/mol. The van der Waals surface area contributed by atoms with Crippen molar-refractivity contribution in [1.29, 1.82) is 0 Å². The van der Waals surface area contributed by atoms with E-state index >= 15 is 0 Å². The molecule has 4 aliphatic rings.